The van der Waals surface area contributed by atoms with Gasteiger partial charge in [-0.3, -0.25) is 0 Å². The molecule has 2 heteroatoms. The minimum atomic E-state index is 0.0224. The van der Waals surface area contributed by atoms with E-state index in [9.17, 15) is 0 Å². The van der Waals surface area contributed by atoms with Gasteiger partial charge in [-0.2, -0.15) is 0 Å². The molecular formula is C22H42O2. The zero-order chi connectivity index (χ0) is 17.7. The molecule has 0 bridgehead atoms. The lowest BCUT2D eigenvalue weighted by molar-refractivity contribution is -0.148. The Morgan fingerprint density at radius 2 is 1.33 bits per heavy atom. The molecule has 0 N–H and O–H groups in total. The molecule has 0 aliphatic heterocycles. The lowest BCUT2D eigenvalue weighted by Gasteiger charge is -2.18. The number of unbranched alkanes of at least 4 members (excludes halogenated alkanes) is 9. The Labute approximate surface area is 151 Å². The Morgan fingerprint density at radius 1 is 0.750 bits per heavy atom. The van der Waals surface area contributed by atoms with Crippen LogP contribution in [0.3, 0.4) is 0 Å². The standard InChI is InChI=1S/C22H42O2/c1-4-7-10-11-12-13-14-15-16-19-22(23-20-17-8-5-2)24-21-18-9-6-3/h4,7,10,22H,1,5-6,8-9,11-21H2,2-3H3/b10-7+. The Bertz CT molecular complexity index is 261. The zero-order valence-electron chi connectivity index (χ0n) is 16.4. The van der Waals surface area contributed by atoms with Crippen LogP contribution >= 0.6 is 0 Å². The monoisotopic (exact) mass is 338 g/mol. The SMILES string of the molecule is C=C/C=C/CCCCCCCC(OCCCCC)OCCCCC. The summed E-state index contributed by atoms with van der Waals surface area (Å²) in [4.78, 5) is 0. The van der Waals surface area contributed by atoms with Crippen molar-refractivity contribution < 1.29 is 9.47 Å². The van der Waals surface area contributed by atoms with Crippen LogP contribution in [-0.4, -0.2) is 19.5 Å². The van der Waals surface area contributed by atoms with E-state index in [0.29, 0.717) is 0 Å². The number of hydrogen-bond donors (Lipinski definition) is 0. The maximum atomic E-state index is 5.96. The van der Waals surface area contributed by atoms with E-state index in [1.807, 2.05) is 12.2 Å². The third-order valence-corrected chi connectivity index (χ3v) is 4.19. The van der Waals surface area contributed by atoms with E-state index in [1.54, 1.807) is 0 Å². The summed E-state index contributed by atoms with van der Waals surface area (Å²) in [5.74, 6) is 0. The Balaban J connectivity index is 3.68. The third kappa shape index (κ3) is 17.7. The molecule has 0 aromatic heterocycles. The van der Waals surface area contributed by atoms with Gasteiger partial charge in [0.25, 0.3) is 0 Å². The summed E-state index contributed by atoms with van der Waals surface area (Å²) >= 11 is 0. The Morgan fingerprint density at radius 3 is 1.92 bits per heavy atom. The predicted octanol–water partition coefficient (Wildman–Crippen LogP) is 7.20. The van der Waals surface area contributed by atoms with Crippen molar-refractivity contribution in [3.63, 3.8) is 0 Å². The summed E-state index contributed by atoms with van der Waals surface area (Å²) in [5.41, 5.74) is 0. The van der Waals surface area contributed by atoms with Crippen LogP contribution in [0.5, 0.6) is 0 Å². The maximum Gasteiger partial charge on any atom is 0.157 e. The summed E-state index contributed by atoms with van der Waals surface area (Å²) in [6.07, 6.45) is 22.1. The summed E-state index contributed by atoms with van der Waals surface area (Å²) in [6.45, 7) is 9.84. The van der Waals surface area contributed by atoms with Gasteiger partial charge in [0.15, 0.2) is 6.29 Å². The van der Waals surface area contributed by atoms with Gasteiger partial charge in [-0.25, -0.2) is 0 Å². The molecule has 0 aromatic carbocycles. The van der Waals surface area contributed by atoms with Crippen molar-refractivity contribution in [2.75, 3.05) is 13.2 Å². The highest BCUT2D eigenvalue weighted by atomic mass is 16.7. The Hall–Kier alpha value is -0.600. The second-order valence-electron chi connectivity index (χ2n) is 6.59. The van der Waals surface area contributed by atoms with Crippen molar-refractivity contribution in [3.8, 4) is 0 Å². The van der Waals surface area contributed by atoms with Gasteiger partial charge in [0, 0.05) is 13.2 Å². The van der Waals surface area contributed by atoms with Crippen LogP contribution in [0.2, 0.25) is 0 Å². The molecule has 0 spiro atoms. The smallest absolute Gasteiger partial charge is 0.157 e. The molecule has 142 valence electrons. The number of allylic oxidation sites excluding steroid dienone is 3. The molecule has 0 fully saturated rings. The fourth-order valence-corrected chi connectivity index (χ4v) is 2.64. The minimum Gasteiger partial charge on any atom is -0.353 e. The van der Waals surface area contributed by atoms with Crippen LogP contribution < -0.4 is 0 Å². The number of ether oxygens (including phenoxy) is 2. The predicted molar refractivity (Wildman–Crippen MR) is 106 cm³/mol. The van der Waals surface area contributed by atoms with Crippen LogP contribution in [0.15, 0.2) is 24.8 Å². The highest BCUT2D eigenvalue weighted by Gasteiger charge is 2.09. The molecule has 24 heavy (non-hydrogen) atoms. The second kappa shape index (κ2) is 20.4. The van der Waals surface area contributed by atoms with Crippen molar-refractivity contribution in [1.29, 1.82) is 0 Å². The van der Waals surface area contributed by atoms with Crippen LogP contribution in [0.1, 0.15) is 97.3 Å². The molecule has 0 unspecified atom stereocenters. The van der Waals surface area contributed by atoms with E-state index in [4.69, 9.17) is 9.47 Å². The molecular weight excluding hydrogens is 296 g/mol. The van der Waals surface area contributed by atoms with E-state index in [0.717, 1.165) is 32.5 Å². The Kier molecular flexibility index (Phi) is 19.9. The summed E-state index contributed by atoms with van der Waals surface area (Å²) < 4.78 is 11.9. The fraction of sp³-hybridized carbons (Fsp3) is 0.818. The molecule has 0 radical (unpaired) electrons. The lowest BCUT2D eigenvalue weighted by Crippen LogP contribution is -2.19. The molecule has 0 heterocycles. The quantitative estimate of drug-likeness (QED) is 0.141. The molecule has 0 aromatic rings. The topological polar surface area (TPSA) is 18.5 Å². The van der Waals surface area contributed by atoms with Crippen LogP contribution in [0.25, 0.3) is 0 Å². The van der Waals surface area contributed by atoms with Gasteiger partial charge in [0.2, 0.25) is 0 Å². The van der Waals surface area contributed by atoms with E-state index in [1.165, 1.54) is 64.2 Å². The van der Waals surface area contributed by atoms with Crippen molar-refractivity contribution in [2.45, 2.75) is 104 Å². The third-order valence-electron chi connectivity index (χ3n) is 4.19. The molecule has 0 aliphatic rings. The van der Waals surface area contributed by atoms with E-state index >= 15 is 0 Å². The molecule has 0 aliphatic carbocycles. The van der Waals surface area contributed by atoms with Crippen LogP contribution in [0.4, 0.5) is 0 Å². The first-order valence-electron chi connectivity index (χ1n) is 10.4. The summed E-state index contributed by atoms with van der Waals surface area (Å²) in [7, 11) is 0. The average molecular weight is 339 g/mol. The molecule has 0 saturated heterocycles. The first kappa shape index (κ1) is 23.4. The zero-order valence-corrected chi connectivity index (χ0v) is 16.4. The number of hydrogen-bond acceptors (Lipinski definition) is 2. The number of rotatable bonds is 19. The van der Waals surface area contributed by atoms with Crippen molar-refractivity contribution in [1.82, 2.24) is 0 Å². The minimum absolute atomic E-state index is 0.0224. The lowest BCUT2D eigenvalue weighted by atomic mass is 10.1. The van der Waals surface area contributed by atoms with Gasteiger partial charge in [0.05, 0.1) is 0 Å². The molecule has 2 nitrogen and oxygen atoms in total. The van der Waals surface area contributed by atoms with Gasteiger partial charge in [-0.05, 0) is 38.5 Å². The van der Waals surface area contributed by atoms with E-state index in [2.05, 4.69) is 26.5 Å². The van der Waals surface area contributed by atoms with E-state index < -0.39 is 0 Å². The van der Waals surface area contributed by atoms with Crippen LogP contribution in [-0.2, 0) is 9.47 Å². The highest BCUT2D eigenvalue weighted by molar-refractivity contribution is 4.96. The largest absolute Gasteiger partial charge is 0.353 e. The molecule has 0 rings (SSSR count). The van der Waals surface area contributed by atoms with E-state index in [-0.39, 0.29) is 6.29 Å². The second-order valence-corrected chi connectivity index (χ2v) is 6.59. The van der Waals surface area contributed by atoms with Gasteiger partial charge in [-0.15, -0.1) is 0 Å². The normalized spacial score (nSPS) is 11.6. The van der Waals surface area contributed by atoms with Gasteiger partial charge in [0.1, 0.15) is 0 Å². The maximum absolute atomic E-state index is 5.96. The summed E-state index contributed by atoms with van der Waals surface area (Å²) in [5, 5.41) is 0. The first-order valence-corrected chi connectivity index (χ1v) is 10.4. The van der Waals surface area contributed by atoms with Crippen LogP contribution in [0, 0.1) is 0 Å². The van der Waals surface area contributed by atoms with Crippen molar-refractivity contribution in [3.05, 3.63) is 24.8 Å². The summed E-state index contributed by atoms with van der Waals surface area (Å²) in [6, 6.07) is 0. The van der Waals surface area contributed by atoms with Gasteiger partial charge >= 0.3 is 0 Å². The first-order chi connectivity index (χ1) is 11.8. The molecule has 0 saturated carbocycles. The van der Waals surface area contributed by atoms with Crippen molar-refractivity contribution >= 4 is 0 Å². The molecule has 0 amide bonds. The average Bonchev–Trinajstić information content (AvgIpc) is 2.60. The van der Waals surface area contributed by atoms with Gasteiger partial charge in [-0.1, -0.05) is 83.6 Å². The van der Waals surface area contributed by atoms with Crippen molar-refractivity contribution in [2.24, 2.45) is 0 Å². The molecule has 0 atom stereocenters. The van der Waals surface area contributed by atoms with Gasteiger partial charge < -0.3 is 9.47 Å². The fourth-order valence-electron chi connectivity index (χ4n) is 2.64. The highest BCUT2D eigenvalue weighted by Crippen LogP contribution is 2.13.